The van der Waals surface area contributed by atoms with E-state index < -0.39 is 10.0 Å². The first kappa shape index (κ1) is 15.3. The average molecular weight is 313 g/mol. The second-order valence-electron chi connectivity index (χ2n) is 7.06. The minimum Gasteiger partial charge on any atom is -0.475 e. The second kappa shape index (κ2) is 6.27. The summed E-state index contributed by atoms with van der Waals surface area (Å²) in [4.78, 5) is 0. The van der Waals surface area contributed by atoms with E-state index in [4.69, 9.17) is 4.74 Å². The molecule has 120 valence electrons. The second-order valence-corrected chi connectivity index (χ2v) is 8.88. The summed E-state index contributed by atoms with van der Waals surface area (Å²) in [5, 5.41) is -0.389. The van der Waals surface area contributed by atoms with Gasteiger partial charge in [-0.05, 0) is 31.1 Å². The molecule has 0 radical (unpaired) electrons. The van der Waals surface area contributed by atoms with Crippen LogP contribution in [0.5, 0.6) is 0 Å². The maximum absolute atomic E-state index is 12.3. The number of sulfonamides is 1. The topological polar surface area (TPSA) is 55.7 Å². The van der Waals surface area contributed by atoms with Gasteiger partial charge in [-0.3, -0.25) is 0 Å². The van der Waals surface area contributed by atoms with Crippen LogP contribution in [0.3, 0.4) is 0 Å². The lowest BCUT2D eigenvalue weighted by Gasteiger charge is -2.35. The smallest absolute Gasteiger partial charge is 0.262 e. The average Bonchev–Trinajstić information content (AvgIpc) is 2.47. The lowest BCUT2D eigenvalue weighted by atomic mass is 9.79. The molecule has 0 amide bonds. The molecule has 1 heterocycles. The molecule has 0 N–H and O–H groups in total. The van der Waals surface area contributed by atoms with E-state index in [1.54, 1.807) is 0 Å². The van der Waals surface area contributed by atoms with Gasteiger partial charge in [-0.25, -0.2) is 8.42 Å². The van der Waals surface area contributed by atoms with Gasteiger partial charge in [0, 0.05) is 6.42 Å². The molecule has 3 rings (SSSR count). The van der Waals surface area contributed by atoms with E-state index in [-0.39, 0.29) is 11.4 Å². The quantitative estimate of drug-likeness (QED) is 0.799. The molecule has 3 atom stereocenters. The Hall–Kier alpha value is -0.580. The monoisotopic (exact) mass is 313 g/mol. The van der Waals surface area contributed by atoms with E-state index in [1.165, 1.54) is 32.1 Å². The van der Waals surface area contributed by atoms with Crippen molar-refractivity contribution in [3.63, 3.8) is 0 Å². The summed E-state index contributed by atoms with van der Waals surface area (Å²) in [5.41, 5.74) is 0. The van der Waals surface area contributed by atoms with Crippen molar-refractivity contribution >= 4 is 15.9 Å². The third-order valence-electron chi connectivity index (χ3n) is 5.49. The minimum atomic E-state index is -3.35. The van der Waals surface area contributed by atoms with Crippen molar-refractivity contribution in [2.75, 3.05) is 0 Å². The van der Waals surface area contributed by atoms with Gasteiger partial charge in [0.05, 0.1) is 0 Å². The van der Waals surface area contributed by atoms with Crippen molar-refractivity contribution in [3.8, 4) is 0 Å². The summed E-state index contributed by atoms with van der Waals surface area (Å²) in [6.07, 6.45) is 10.7. The highest BCUT2D eigenvalue weighted by atomic mass is 32.2. The van der Waals surface area contributed by atoms with Gasteiger partial charge in [0.1, 0.15) is 11.4 Å². The van der Waals surface area contributed by atoms with Crippen molar-refractivity contribution in [2.45, 2.75) is 82.5 Å². The van der Waals surface area contributed by atoms with Gasteiger partial charge < -0.3 is 4.74 Å². The lowest BCUT2D eigenvalue weighted by molar-refractivity contribution is 0.130. The Morgan fingerprint density at radius 3 is 2.52 bits per heavy atom. The molecule has 0 aromatic carbocycles. The highest BCUT2D eigenvalue weighted by Gasteiger charge is 2.41. The molecule has 21 heavy (non-hydrogen) atoms. The van der Waals surface area contributed by atoms with Crippen molar-refractivity contribution in [3.05, 3.63) is 0 Å². The molecule has 0 aromatic heterocycles. The largest absolute Gasteiger partial charge is 0.475 e. The number of rotatable bonds is 3. The van der Waals surface area contributed by atoms with Gasteiger partial charge >= 0.3 is 0 Å². The molecule has 2 saturated carbocycles. The molecule has 5 heteroatoms. The first-order valence-electron chi connectivity index (χ1n) is 8.55. The molecule has 2 aliphatic carbocycles. The number of hydrogen-bond donors (Lipinski definition) is 0. The first-order chi connectivity index (χ1) is 10.1. The predicted octanol–water partition coefficient (Wildman–Crippen LogP) is 3.66. The molecule has 0 bridgehead atoms. The normalized spacial score (nSPS) is 34.4. The molecular formula is C16H27NO3S. The van der Waals surface area contributed by atoms with Crippen LogP contribution in [0, 0.1) is 11.8 Å². The first-order valence-corrected chi connectivity index (χ1v) is 10.1. The van der Waals surface area contributed by atoms with Crippen molar-refractivity contribution in [2.24, 2.45) is 16.2 Å². The van der Waals surface area contributed by atoms with Gasteiger partial charge in [-0.2, -0.15) is 0 Å². The highest BCUT2D eigenvalue weighted by molar-refractivity contribution is 7.91. The zero-order valence-electron chi connectivity index (χ0n) is 13.0. The summed E-state index contributed by atoms with van der Waals surface area (Å²) in [6.45, 7) is 2.22. The number of hydrogen-bond acceptors (Lipinski definition) is 3. The number of fused-ring (bicyclic) bond motifs is 1. The van der Waals surface area contributed by atoms with Crippen LogP contribution in [0.15, 0.2) is 4.40 Å². The van der Waals surface area contributed by atoms with Crippen LogP contribution in [-0.2, 0) is 14.8 Å². The van der Waals surface area contributed by atoms with Gasteiger partial charge in [-0.1, -0.05) is 45.4 Å². The van der Waals surface area contributed by atoms with Crippen LogP contribution in [0.1, 0.15) is 71.1 Å². The Balaban J connectivity index is 1.68. The van der Waals surface area contributed by atoms with Crippen LogP contribution < -0.4 is 0 Å². The Kier molecular flexibility index (Phi) is 4.57. The predicted molar refractivity (Wildman–Crippen MR) is 83.8 cm³/mol. The zero-order chi connectivity index (χ0) is 14.9. The summed E-state index contributed by atoms with van der Waals surface area (Å²) in [5.74, 6) is 1.66. The van der Waals surface area contributed by atoms with E-state index in [0.717, 1.165) is 19.3 Å². The van der Waals surface area contributed by atoms with E-state index >= 15 is 0 Å². The third kappa shape index (κ3) is 3.43. The Morgan fingerprint density at radius 2 is 1.76 bits per heavy atom. The minimum absolute atomic E-state index is 0.144. The molecule has 2 unspecified atom stereocenters. The van der Waals surface area contributed by atoms with Crippen LogP contribution in [0.2, 0.25) is 0 Å². The summed E-state index contributed by atoms with van der Waals surface area (Å²) >= 11 is 0. The highest BCUT2D eigenvalue weighted by Crippen LogP contribution is 2.35. The summed E-state index contributed by atoms with van der Waals surface area (Å²) in [7, 11) is -3.35. The fourth-order valence-corrected chi connectivity index (χ4v) is 5.75. The van der Waals surface area contributed by atoms with Gasteiger partial charge in [0.2, 0.25) is 5.90 Å². The standard InChI is InChI=1S/C16H27NO3S/c1-12(13-7-3-2-4-8-13)11-16-17-21(18,19)15-10-6-5-9-14(15)20-16/h12-15H,2-11H2,1H3/t12-,14?,15?/m1/s1. The maximum Gasteiger partial charge on any atom is 0.262 e. The molecule has 2 fully saturated rings. The Labute approximate surface area is 128 Å². The van der Waals surface area contributed by atoms with E-state index in [0.29, 0.717) is 30.6 Å². The van der Waals surface area contributed by atoms with Gasteiger partial charge in [0.25, 0.3) is 10.0 Å². The van der Waals surface area contributed by atoms with Crippen LogP contribution in [0.4, 0.5) is 0 Å². The molecule has 4 nitrogen and oxygen atoms in total. The van der Waals surface area contributed by atoms with Gasteiger partial charge in [0.15, 0.2) is 0 Å². The Morgan fingerprint density at radius 1 is 1.10 bits per heavy atom. The molecule has 0 saturated heterocycles. The molecule has 0 aromatic rings. The summed E-state index contributed by atoms with van der Waals surface area (Å²) in [6, 6.07) is 0. The fraction of sp³-hybridized carbons (Fsp3) is 0.938. The Bertz CT molecular complexity index is 494. The molecule has 3 aliphatic rings. The van der Waals surface area contributed by atoms with Crippen LogP contribution in [-0.4, -0.2) is 25.7 Å². The van der Waals surface area contributed by atoms with E-state index in [1.807, 2.05) is 0 Å². The van der Waals surface area contributed by atoms with Crippen LogP contribution >= 0.6 is 0 Å². The van der Waals surface area contributed by atoms with Crippen molar-refractivity contribution in [1.29, 1.82) is 0 Å². The summed E-state index contributed by atoms with van der Waals surface area (Å²) < 4.78 is 34.6. The SMILES string of the molecule is C[C@H](CC1=NS(=O)(=O)C2CCCCC2O1)C1CCCCC1. The molecule has 1 aliphatic heterocycles. The fourth-order valence-electron chi connectivity index (χ4n) is 4.17. The van der Waals surface area contributed by atoms with Gasteiger partial charge in [-0.15, -0.1) is 4.40 Å². The maximum atomic E-state index is 12.3. The molecular weight excluding hydrogens is 286 g/mol. The number of ether oxygens (including phenoxy) is 1. The van der Waals surface area contributed by atoms with E-state index in [2.05, 4.69) is 11.3 Å². The third-order valence-corrected chi connectivity index (χ3v) is 7.25. The van der Waals surface area contributed by atoms with Crippen LogP contribution in [0.25, 0.3) is 0 Å². The lowest BCUT2D eigenvalue weighted by Crippen LogP contribution is -2.43. The number of nitrogens with zero attached hydrogens (tertiary/aromatic N) is 1. The van der Waals surface area contributed by atoms with Crippen molar-refractivity contribution in [1.82, 2.24) is 0 Å². The molecule has 0 spiro atoms. The van der Waals surface area contributed by atoms with Crippen molar-refractivity contribution < 1.29 is 13.2 Å². The zero-order valence-corrected chi connectivity index (χ0v) is 13.8. The van der Waals surface area contributed by atoms with E-state index in [9.17, 15) is 8.42 Å².